The summed E-state index contributed by atoms with van der Waals surface area (Å²) in [6, 6.07) is 0. The van der Waals surface area contributed by atoms with E-state index < -0.39 is 7.68 Å². The molecule has 0 saturated heterocycles. The maximum atomic E-state index is 12.5. The highest BCUT2D eigenvalue weighted by Crippen LogP contribution is 2.43. The van der Waals surface area contributed by atoms with Gasteiger partial charge in [0.1, 0.15) is 0 Å². The van der Waals surface area contributed by atoms with Gasteiger partial charge in [-0.05, 0) is 6.42 Å². The Morgan fingerprint density at radius 3 is 1.61 bits per heavy atom. The van der Waals surface area contributed by atoms with Crippen LogP contribution in [0.2, 0.25) is 0 Å². The summed E-state index contributed by atoms with van der Waals surface area (Å²) in [4.78, 5) is 0. The molecule has 1 atom stereocenters. The van der Waals surface area contributed by atoms with Crippen LogP contribution in [-0.2, 0) is 9.09 Å². The van der Waals surface area contributed by atoms with Crippen molar-refractivity contribution in [3.63, 3.8) is 0 Å². The van der Waals surface area contributed by atoms with Crippen LogP contribution < -0.4 is 0 Å². The highest BCUT2D eigenvalue weighted by Gasteiger charge is 2.11. The van der Waals surface area contributed by atoms with E-state index in [1.54, 1.807) is 0 Å². The molecule has 1 unspecified atom stereocenters. The fourth-order valence-electron chi connectivity index (χ4n) is 1.99. The molecule has 0 N–H and O–H groups in total. The molecular formula is C14H30FO2P. The summed E-state index contributed by atoms with van der Waals surface area (Å²) in [6.07, 6.45) is 13.8. The lowest BCUT2D eigenvalue weighted by molar-refractivity contribution is 0.281. The van der Waals surface area contributed by atoms with Gasteiger partial charge in [0.15, 0.2) is 0 Å². The smallest absolute Gasteiger partial charge is 0.306 e. The summed E-state index contributed by atoms with van der Waals surface area (Å²) >= 11 is 0. The van der Waals surface area contributed by atoms with Crippen LogP contribution in [0, 0.1) is 0 Å². The maximum absolute atomic E-state index is 12.5. The molecule has 0 amide bonds. The molecule has 0 spiro atoms. The van der Waals surface area contributed by atoms with Gasteiger partial charge in [-0.1, -0.05) is 71.1 Å². The molecule has 110 valence electrons. The number of hydrogen-bond donors (Lipinski definition) is 0. The maximum Gasteiger partial charge on any atom is 0.364 e. The SMILES string of the molecule is CCCCCCCCCCCCCOP(C)(=O)F. The third kappa shape index (κ3) is 16.1. The number of unbranched alkanes of at least 4 members (excludes halogenated alkanes) is 10. The van der Waals surface area contributed by atoms with E-state index in [2.05, 4.69) is 11.4 Å². The van der Waals surface area contributed by atoms with Crippen molar-refractivity contribution in [3.8, 4) is 0 Å². The predicted octanol–water partition coefficient (Wildman–Crippen LogP) is 6.11. The van der Waals surface area contributed by atoms with E-state index >= 15 is 0 Å². The van der Waals surface area contributed by atoms with Crippen LogP contribution in [0.1, 0.15) is 77.6 Å². The Labute approximate surface area is 112 Å². The molecule has 0 radical (unpaired) electrons. The predicted molar refractivity (Wildman–Crippen MR) is 77.1 cm³/mol. The van der Waals surface area contributed by atoms with E-state index in [4.69, 9.17) is 0 Å². The van der Waals surface area contributed by atoms with E-state index in [9.17, 15) is 8.76 Å². The van der Waals surface area contributed by atoms with Gasteiger partial charge in [-0.2, -0.15) is 4.20 Å². The van der Waals surface area contributed by atoms with Crippen LogP contribution in [0.5, 0.6) is 0 Å². The van der Waals surface area contributed by atoms with Crippen molar-refractivity contribution in [2.24, 2.45) is 0 Å². The average molecular weight is 280 g/mol. The molecule has 0 aliphatic heterocycles. The van der Waals surface area contributed by atoms with Crippen molar-refractivity contribution >= 4 is 7.68 Å². The molecule has 0 aromatic rings. The summed E-state index contributed by atoms with van der Waals surface area (Å²) in [5.41, 5.74) is 0. The highest BCUT2D eigenvalue weighted by molar-refractivity contribution is 7.52. The van der Waals surface area contributed by atoms with Gasteiger partial charge in [0.05, 0.1) is 6.61 Å². The van der Waals surface area contributed by atoms with Crippen molar-refractivity contribution in [1.82, 2.24) is 0 Å². The molecule has 0 fully saturated rings. The van der Waals surface area contributed by atoms with Gasteiger partial charge >= 0.3 is 7.68 Å². The Bertz CT molecular complexity index is 216. The molecular weight excluding hydrogens is 250 g/mol. The van der Waals surface area contributed by atoms with Gasteiger partial charge in [-0.15, -0.1) is 0 Å². The summed E-state index contributed by atoms with van der Waals surface area (Å²) in [6.45, 7) is 3.55. The molecule has 18 heavy (non-hydrogen) atoms. The van der Waals surface area contributed by atoms with Crippen LogP contribution in [0.25, 0.3) is 0 Å². The van der Waals surface area contributed by atoms with Crippen molar-refractivity contribution in [1.29, 1.82) is 0 Å². The van der Waals surface area contributed by atoms with Crippen molar-refractivity contribution in [3.05, 3.63) is 0 Å². The zero-order valence-corrected chi connectivity index (χ0v) is 13.0. The van der Waals surface area contributed by atoms with Crippen molar-refractivity contribution in [2.45, 2.75) is 77.6 Å². The first-order valence-electron chi connectivity index (χ1n) is 7.48. The topological polar surface area (TPSA) is 26.3 Å². The van der Waals surface area contributed by atoms with Crippen LogP contribution in [0.4, 0.5) is 4.20 Å². The number of halogens is 1. The zero-order valence-electron chi connectivity index (χ0n) is 12.1. The second-order valence-corrected chi connectivity index (χ2v) is 6.87. The lowest BCUT2D eigenvalue weighted by atomic mass is 10.1. The Morgan fingerprint density at radius 1 is 0.833 bits per heavy atom. The Kier molecular flexibility index (Phi) is 12.3. The largest absolute Gasteiger partial charge is 0.364 e. The molecule has 0 saturated carbocycles. The minimum Gasteiger partial charge on any atom is -0.306 e. The first kappa shape index (κ1) is 18.1. The van der Waals surface area contributed by atoms with E-state index in [1.807, 2.05) is 0 Å². The highest BCUT2D eigenvalue weighted by atomic mass is 31.2. The molecule has 0 aliphatic carbocycles. The van der Waals surface area contributed by atoms with Gasteiger partial charge < -0.3 is 4.52 Å². The van der Waals surface area contributed by atoms with Gasteiger partial charge in [0.2, 0.25) is 0 Å². The second kappa shape index (κ2) is 12.2. The molecule has 0 rings (SSSR count). The number of hydrogen-bond acceptors (Lipinski definition) is 2. The number of rotatable bonds is 13. The Hall–Kier alpha value is 0.120. The third-order valence-electron chi connectivity index (χ3n) is 3.07. The summed E-state index contributed by atoms with van der Waals surface area (Å²) in [7, 11) is -3.75. The molecule has 0 aromatic carbocycles. The van der Waals surface area contributed by atoms with Crippen molar-refractivity contribution < 1.29 is 13.3 Å². The standard InChI is InChI=1S/C14H30FO2P/c1-3-4-5-6-7-8-9-10-11-12-13-14-17-18(2,15)16/h3-14H2,1-2H3. The van der Waals surface area contributed by atoms with Gasteiger partial charge in [-0.3, -0.25) is 4.57 Å². The first-order chi connectivity index (χ1) is 8.56. The third-order valence-corrected chi connectivity index (χ3v) is 3.71. The summed E-state index contributed by atoms with van der Waals surface area (Å²) in [5.74, 6) is 0. The first-order valence-corrected chi connectivity index (χ1v) is 9.44. The molecule has 0 aromatic heterocycles. The fourth-order valence-corrected chi connectivity index (χ4v) is 2.45. The van der Waals surface area contributed by atoms with E-state index in [0.717, 1.165) is 19.5 Å². The van der Waals surface area contributed by atoms with Gasteiger partial charge in [0, 0.05) is 6.66 Å². The average Bonchev–Trinajstić information content (AvgIpc) is 2.29. The minimum atomic E-state index is -3.75. The molecule has 4 heteroatoms. The van der Waals surface area contributed by atoms with Crippen LogP contribution in [-0.4, -0.2) is 13.3 Å². The Balaban J connectivity index is 3.01. The molecule has 0 heterocycles. The lowest BCUT2D eigenvalue weighted by Crippen LogP contribution is -1.90. The molecule has 2 nitrogen and oxygen atoms in total. The second-order valence-electron chi connectivity index (χ2n) is 5.12. The van der Waals surface area contributed by atoms with E-state index in [0.29, 0.717) is 6.61 Å². The van der Waals surface area contributed by atoms with Gasteiger partial charge in [-0.25, -0.2) is 0 Å². The van der Waals surface area contributed by atoms with Crippen LogP contribution in [0.3, 0.4) is 0 Å². The van der Waals surface area contributed by atoms with Gasteiger partial charge in [0.25, 0.3) is 0 Å². The molecule has 0 bridgehead atoms. The monoisotopic (exact) mass is 280 g/mol. The quantitative estimate of drug-likeness (QED) is 0.300. The zero-order chi connectivity index (χ0) is 13.7. The molecule has 0 aliphatic rings. The normalized spacial score (nSPS) is 14.6. The fraction of sp³-hybridized carbons (Fsp3) is 1.00. The van der Waals surface area contributed by atoms with Crippen molar-refractivity contribution in [2.75, 3.05) is 13.3 Å². The summed E-state index contributed by atoms with van der Waals surface area (Å²) < 4.78 is 27.7. The lowest BCUT2D eigenvalue weighted by Gasteiger charge is -2.05. The minimum absolute atomic E-state index is 0.293. The summed E-state index contributed by atoms with van der Waals surface area (Å²) in [5, 5.41) is 0. The van der Waals surface area contributed by atoms with E-state index in [1.165, 1.54) is 57.8 Å². The van der Waals surface area contributed by atoms with Crippen LogP contribution >= 0.6 is 7.68 Å². The Morgan fingerprint density at radius 2 is 1.22 bits per heavy atom. The van der Waals surface area contributed by atoms with E-state index in [-0.39, 0.29) is 0 Å². The van der Waals surface area contributed by atoms with Crippen LogP contribution in [0.15, 0.2) is 0 Å².